The van der Waals surface area contributed by atoms with Crippen molar-refractivity contribution in [2.75, 3.05) is 6.61 Å². The van der Waals surface area contributed by atoms with Gasteiger partial charge in [-0.15, -0.1) is 0 Å². The molecule has 2 aromatic carbocycles. The first-order valence-corrected chi connectivity index (χ1v) is 12.4. The summed E-state index contributed by atoms with van der Waals surface area (Å²) in [5.41, 5.74) is 1.52. The van der Waals surface area contributed by atoms with Gasteiger partial charge in [0.1, 0.15) is 6.10 Å². The summed E-state index contributed by atoms with van der Waals surface area (Å²) in [5, 5.41) is 12.9. The highest BCUT2D eigenvalue weighted by Gasteiger charge is 2.49. The molecule has 0 amide bonds. The minimum Gasteiger partial charge on any atom is -0.472 e. The summed E-state index contributed by atoms with van der Waals surface area (Å²) in [5.74, 6) is 0. The Labute approximate surface area is 181 Å². The van der Waals surface area contributed by atoms with Gasteiger partial charge in [-0.25, -0.2) is 0 Å². The molecule has 1 aromatic heterocycles. The fraction of sp³-hybridized carbons (Fsp3) is 0.308. The lowest BCUT2D eigenvalue weighted by molar-refractivity contribution is 0.207. The van der Waals surface area contributed by atoms with Crippen LogP contribution in [0.5, 0.6) is 0 Å². The number of hydrogen-bond donors (Lipinski definition) is 1. The van der Waals surface area contributed by atoms with Crippen LogP contribution in [0.15, 0.2) is 95.8 Å². The van der Waals surface area contributed by atoms with Crippen LogP contribution in [-0.2, 0) is 4.43 Å². The molecule has 1 atom stereocenters. The average Bonchev–Trinajstić information content (AvgIpc) is 3.28. The lowest BCUT2D eigenvalue weighted by atomic mass is 10.0. The van der Waals surface area contributed by atoms with E-state index in [0.717, 1.165) is 17.6 Å². The molecule has 3 nitrogen and oxygen atoms in total. The molecular weight excluding hydrogens is 388 g/mol. The first-order chi connectivity index (χ1) is 14.4. The lowest BCUT2D eigenvalue weighted by Gasteiger charge is -2.43. The van der Waals surface area contributed by atoms with E-state index in [1.165, 1.54) is 10.4 Å². The SMILES string of the molecule is C=C(CCCO[Si](c1ccccc1)(c1ccccc1)C(C)(C)C)C(O)c1ccoc1. The molecule has 0 aliphatic carbocycles. The molecule has 0 radical (unpaired) electrons. The van der Waals surface area contributed by atoms with Crippen molar-refractivity contribution in [3.8, 4) is 0 Å². The Morgan fingerprint density at radius 1 is 1.00 bits per heavy atom. The van der Waals surface area contributed by atoms with E-state index in [9.17, 15) is 5.11 Å². The van der Waals surface area contributed by atoms with Crippen molar-refractivity contribution in [3.05, 3.63) is 97.0 Å². The molecule has 1 heterocycles. The van der Waals surface area contributed by atoms with Gasteiger partial charge >= 0.3 is 0 Å². The Hall–Kier alpha value is -2.40. The van der Waals surface area contributed by atoms with Crippen LogP contribution in [0, 0.1) is 0 Å². The predicted molar refractivity (Wildman–Crippen MR) is 126 cm³/mol. The minimum atomic E-state index is -2.51. The van der Waals surface area contributed by atoms with Crippen LogP contribution in [-0.4, -0.2) is 20.0 Å². The molecule has 3 rings (SSSR count). The molecule has 1 unspecified atom stereocenters. The molecule has 30 heavy (non-hydrogen) atoms. The Morgan fingerprint density at radius 2 is 1.57 bits per heavy atom. The van der Waals surface area contributed by atoms with Crippen LogP contribution in [0.3, 0.4) is 0 Å². The van der Waals surface area contributed by atoms with Crippen LogP contribution < -0.4 is 10.4 Å². The number of furan rings is 1. The van der Waals surface area contributed by atoms with Crippen molar-refractivity contribution in [1.29, 1.82) is 0 Å². The van der Waals surface area contributed by atoms with E-state index in [1.54, 1.807) is 18.6 Å². The number of rotatable bonds is 9. The highest BCUT2D eigenvalue weighted by molar-refractivity contribution is 6.99. The van der Waals surface area contributed by atoms with Crippen molar-refractivity contribution >= 4 is 18.7 Å². The van der Waals surface area contributed by atoms with Gasteiger partial charge in [0.15, 0.2) is 0 Å². The Bertz CT molecular complexity index is 872. The summed E-state index contributed by atoms with van der Waals surface area (Å²) in [4.78, 5) is 0. The maximum Gasteiger partial charge on any atom is 0.261 e. The largest absolute Gasteiger partial charge is 0.472 e. The third-order valence-corrected chi connectivity index (χ3v) is 10.7. The zero-order valence-corrected chi connectivity index (χ0v) is 19.2. The fourth-order valence-corrected chi connectivity index (χ4v) is 8.70. The van der Waals surface area contributed by atoms with Gasteiger partial charge in [0.2, 0.25) is 0 Å². The summed E-state index contributed by atoms with van der Waals surface area (Å²) in [6, 6.07) is 23.1. The highest BCUT2D eigenvalue weighted by Crippen LogP contribution is 2.37. The molecule has 0 spiro atoms. The van der Waals surface area contributed by atoms with Crippen LogP contribution in [0.25, 0.3) is 0 Å². The number of hydrogen-bond acceptors (Lipinski definition) is 3. The van der Waals surface area contributed by atoms with Crippen molar-refractivity contribution < 1.29 is 13.9 Å². The van der Waals surface area contributed by atoms with Gasteiger partial charge in [0, 0.05) is 12.2 Å². The third-order valence-electron chi connectivity index (χ3n) is 5.62. The topological polar surface area (TPSA) is 42.6 Å². The summed E-state index contributed by atoms with van der Waals surface area (Å²) in [7, 11) is -2.51. The molecule has 3 aromatic rings. The second-order valence-corrected chi connectivity index (χ2v) is 13.0. The predicted octanol–water partition coefficient (Wildman–Crippen LogP) is 5.23. The number of benzene rings is 2. The van der Waals surface area contributed by atoms with Gasteiger partial charge in [-0.05, 0) is 39.9 Å². The molecule has 0 bridgehead atoms. The lowest BCUT2D eigenvalue weighted by Crippen LogP contribution is -2.66. The second kappa shape index (κ2) is 9.60. The van der Waals surface area contributed by atoms with Crippen molar-refractivity contribution in [3.63, 3.8) is 0 Å². The Balaban J connectivity index is 1.79. The standard InChI is InChI=1S/C26H32O3Si/c1-21(25(27)22-17-19-28-20-22)12-11-18-29-30(26(2,3)4,23-13-7-5-8-14-23)24-15-9-6-10-16-24/h5-10,13-17,19-20,25,27H,1,11-12,18H2,2-4H3. The third kappa shape index (κ3) is 4.67. The first-order valence-electron chi connectivity index (χ1n) is 10.5. The number of aliphatic hydroxyl groups excluding tert-OH is 1. The molecule has 0 saturated heterocycles. The van der Waals surface area contributed by atoms with Crippen molar-refractivity contribution in [2.45, 2.75) is 44.8 Å². The Kier molecular flexibility index (Phi) is 7.13. The summed E-state index contributed by atoms with van der Waals surface area (Å²) >= 11 is 0. The van der Waals surface area contributed by atoms with Gasteiger partial charge < -0.3 is 13.9 Å². The van der Waals surface area contributed by atoms with E-state index in [-0.39, 0.29) is 5.04 Å². The average molecular weight is 421 g/mol. The summed E-state index contributed by atoms with van der Waals surface area (Å²) in [6.45, 7) is 11.5. The normalized spacial score (nSPS) is 13.2. The van der Waals surface area contributed by atoms with E-state index < -0.39 is 14.4 Å². The van der Waals surface area contributed by atoms with E-state index in [4.69, 9.17) is 8.84 Å². The minimum absolute atomic E-state index is 0.0387. The fourth-order valence-electron chi connectivity index (χ4n) is 4.09. The summed E-state index contributed by atoms with van der Waals surface area (Å²) < 4.78 is 12.0. The zero-order chi connectivity index (χ0) is 21.6. The molecule has 0 aliphatic rings. The smallest absolute Gasteiger partial charge is 0.261 e. The van der Waals surface area contributed by atoms with E-state index in [0.29, 0.717) is 13.0 Å². The maximum atomic E-state index is 10.4. The molecule has 4 heteroatoms. The number of aliphatic hydroxyl groups is 1. The van der Waals surface area contributed by atoms with Crippen LogP contribution in [0.1, 0.15) is 45.3 Å². The molecule has 1 N–H and O–H groups in total. The first kappa shape index (κ1) is 22.3. The molecule has 0 aliphatic heterocycles. The van der Waals surface area contributed by atoms with Gasteiger partial charge in [-0.3, -0.25) is 0 Å². The van der Waals surface area contributed by atoms with Crippen LogP contribution in [0.4, 0.5) is 0 Å². The van der Waals surface area contributed by atoms with E-state index in [1.807, 2.05) is 0 Å². The van der Waals surface area contributed by atoms with Crippen molar-refractivity contribution in [1.82, 2.24) is 0 Å². The molecular formula is C26H32O3Si. The monoisotopic (exact) mass is 420 g/mol. The molecule has 0 saturated carbocycles. The van der Waals surface area contributed by atoms with Gasteiger partial charge in [-0.2, -0.15) is 0 Å². The quantitative estimate of drug-likeness (QED) is 0.293. The maximum absolute atomic E-state index is 10.4. The van der Waals surface area contributed by atoms with Crippen LogP contribution in [0.2, 0.25) is 5.04 Å². The second-order valence-electron chi connectivity index (χ2n) is 8.73. The van der Waals surface area contributed by atoms with Gasteiger partial charge in [0.25, 0.3) is 8.32 Å². The van der Waals surface area contributed by atoms with Gasteiger partial charge in [0.05, 0.1) is 12.5 Å². The van der Waals surface area contributed by atoms with Crippen LogP contribution >= 0.6 is 0 Å². The molecule has 0 fully saturated rings. The summed E-state index contributed by atoms with van der Waals surface area (Å²) in [6.07, 6.45) is 3.94. The van der Waals surface area contributed by atoms with Crippen molar-refractivity contribution in [2.24, 2.45) is 0 Å². The van der Waals surface area contributed by atoms with E-state index >= 15 is 0 Å². The Morgan fingerprint density at radius 3 is 2.03 bits per heavy atom. The van der Waals surface area contributed by atoms with E-state index in [2.05, 4.69) is 88.0 Å². The zero-order valence-electron chi connectivity index (χ0n) is 18.2. The highest BCUT2D eigenvalue weighted by atomic mass is 28.4. The van der Waals surface area contributed by atoms with Gasteiger partial charge in [-0.1, -0.05) is 88.0 Å². The molecule has 158 valence electrons.